The van der Waals surface area contributed by atoms with Crippen LogP contribution in [0.4, 0.5) is 0 Å². The number of ether oxygens (including phenoxy) is 1. The first-order chi connectivity index (χ1) is 9.92. The minimum Gasteiger partial charge on any atom is -0.478 e. The van der Waals surface area contributed by atoms with Crippen LogP contribution in [-0.2, 0) is 10.3 Å². The molecule has 0 aliphatic rings. The average molecular weight is 284 g/mol. The zero-order valence-corrected chi connectivity index (χ0v) is 11.9. The molecule has 2 aromatic rings. The van der Waals surface area contributed by atoms with Gasteiger partial charge < -0.3 is 9.84 Å². The van der Waals surface area contributed by atoms with Gasteiger partial charge in [0.05, 0.1) is 11.1 Å². The molecule has 0 fully saturated rings. The fraction of sp³-hybridized carbons (Fsp3) is 0.176. The van der Waals surface area contributed by atoms with E-state index in [0.717, 1.165) is 5.56 Å². The summed E-state index contributed by atoms with van der Waals surface area (Å²) >= 11 is 0. The molecule has 2 aromatic carbocycles. The third kappa shape index (κ3) is 3.28. The molecule has 0 spiro atoms. The number of hydrogen-bond donors (Lipinski definition) is 1. The van der Waals surface area contributed by atoms with E-state index in [4.69, 9.17) is 9.84 Å². The molecule has 0 atom stereocenters. The molecule has 0 amide bonds. The number of carboxylic acids is 1. The van der Waals surface area contributed by atoms with Crippen LogP contribution in [0, 0.1) is 0 Å². The van der Waals surface area contributed by atoms with Crippen molar-refractivity contribution >= 4 is 11.9 Å². The number of carboxylic acid groups (broad SMARTS) is 1. The van der Waals surface area contributed by atoms with Crippen molar-refractivity contribution in [3.8, 4) is 0 Å². The van der Waals surface area contributed by atoms with Gasteiger partial charge in [0, 0.05) is 0 Å². The van der Waals surface area contributed by atoms with E-state index in [2.05, 4.69) is 0 Å². The van der Waals surface area contributed by atoms with Crippen LogP contribution in [-0.4, -0.2) is 17.0 Å². The van der Waals surface area contributed by atoms with Gasteiger partial charge in [-0.1, -0.05) is 42.5 Å². The number of aromatic carboxylic acids is 1. The summed E-state index contributed by atoms with van der Waals surface area (Å²) in [5.74, 6) is -1.80. The van der Waals surface area contributed by atoms with Crippen LogP contribution in [0.1, 0.15) is 40.1 Å². The first-order valence-electron chi connectivity index (χ1n) is 6.53. The van der Waals surface area contributed by atoms with Gasteiger partial charge in [-0.05, 0) is 31.5 Å². The summed E-state index contributed by atoms with van der Waals surface area (Å²) in [7, 11) is 0. The molecule has 4 nitrogen and oxygen atoms in total. The summed E-state index contributed by atoms with van der Waals surface area (Å²) in [5.41, 5.74) is -0.0178. The Morgan fingerprint density at radius 3 is 2.00 bits per heavy atom. The van der Waals surface area contributed by atoms with Crippen LogP contribution >= 0.6 is 0 Å². The van der Waals surface area contributed by atoms with E-state index < -0.39 is 17.5 Å². The lowest BCUT2D eigenvalue weighted by Crippen LogP contribution is -2.26. The van der Waals surface area contributed by atoms with Crippen LogP contribution < -0.4 is 0 Å². The molecule has 0 saturated carbocycles. The molecule has 21 heavy (non-hydrogen) atoms. The predicted molar refractivity (Wildman–Crippen MR) is 78.3 cm³/mol. The first-order valence-corrected chi connectivity index (χ1v) is 6.53. The largest absolute Gasteiger partial charge is 0.478 e. The monoisotopic (exact) mass is 284 g/mol. The second kappa shape index (κ2) is 5.79. The summed E-state index contributed by atoms with van der Waals surface area (Å²) in [6, 6.07) is 15.3. The number of carbonyl (C=O) groups is 2. The zero-order chi connectivity index (χ0) is 15.5. The van der Waals surface area contributed by atoms with E-state index >= 15 is 0 Å². The van der Waals surface area contributed by atoms with E-state index in [9.17, 15) is 9.59 Å². The van der Waals surface area contributed by atoms with Crippen molar-refractivity contribution in [3.63, 3.8) is 0 Å². The van der Waals surface area contributed by atoms with E-state index in [1.54, 1.807) is 26.0 Å². The van der Waals surface area contributed by atoms with Gasteiger partial charge in [0.15, 0.2) is 0 Å². The Hall–Kier alpha value is -2.62. The lowest BCUT2D eigenvalue weighted by Gasteiger charge is -2.26. The Morgan fingerprint density at radius 1 is 0.905 bits per heavy atom. The van der Waals surface area contributed by atoms with Crippen molar-refractivity contribution in [3.05, 3.63) is 71.3 Å². The Kier molecular flexibility index (Phi) is 4.08. The minimum atomic E-state index is -1.15. The third-order valence-corrected chi connectivity index (χ3v) is 3.19. The van der Waals surface area contributed by atoms with Gasteiger partial charge in [-0.25, -0.2) is 9.59 Å². The Labute approximate surface area is 123 Å². The normalized spacial score (nSPS) is 11.0. The predicted octanol–water partition coefficient (Wildman–Crippen LogP) is 3.48. The molecule has 4 heteroatoms. The summed E-state index contributed by atoms with van der Waals surface area (Å²) in [5, 5.41) is 9.12. The van der Waals surface area contributed by atoms with Crippen molar-refractivity contribution in [2.75, 3.05) is 0 Å². The first kappa shape index (κ1) is 14.8. The van der Waals surface area contributed by atoms with Crippen LogP contribution in [0.2, 0.25) is 0 Å². The van der Waals surface area contributed by atoms with Gasteiger partial charge >= 0.3 is 11.9 Å². The maximum atomic E-state index is 12.3. The van der Waals surface area contributed by atoms with Gasteiger partial charge in [-0.2, -0.15) is 0 Å². The van der Waals surface area contributed by atoms with Crippen molar-refractivity contribution in [2.24, 2.45) is 0 Å². The molecule has 0 radical (unpaired) electrons. The number of esters is 1. The van der Waals surface area contributed by atoms with Gasteiger partial charge in [0.25, 0.3) is 0 Å². The van der Waals surface area contributed by atoms with Crippen molar-refractivity contribution in [2.45, 2.75) is 19.4 Å². The highest BCUT2D eigenvalue weighted by molar-refractivity contribution is 6.02. The summed E-state index contributed by atoms with van der Waals surface area (Å²) in [6.45, 7) is 3.53. The quantitative estimate of drug-likeness (QED) is 0.873. The number of carbonyl (C=O) groups excluding carboxylic acids is 1. The molecular weight excluding hydrogens is 268 g/mol. The lowest BCUT2D eigenvalue weighted by molar-refractivity contribution is -0.00342. The smallest absolute Gasteiger partial charge is 0.339 e. The number of benzene rings is 2. The second-order valence-electron chi connectivity index (χ2n) is 5.12. The minimum absolute atomic E-state index is 0.0500. The highest BCUT2D eigenvalue weighted by atomic mass is 16.6. The molecule has 1 N–H and O–H groups in total. The fourth-order valence-corrected chi connectivity index (χ4v) is 2.03. The highest BCUT2D eigenvalue weighted by Crippen LogP contribution is 2.26. The Bertz CT molecular complexity index is 660. The van der Waals surface area contributed by atoms with E-state index in [-0.39, 0.29) is 11.1 Å². The number of rotatable bonds is 4. The third-order valence-electron chi connectivity index (χ3n) is 3.19. The number of hydrogen-bond acceptors (Lipinski definition) is 3. The molecule has 0 aromatic heterocycles. The maximum Gasteiger partial charge on any atom is 0.339 e. The summed E-state index contributed by atoms with van der Waals surface area (Å²) < 4.78 is 5.50. The molecule has 0 saturated heterocycles. The van der Waals surface area contributed by atoms with E-state index in [1.807, 2.05) is 30.3 Å². The molecule has 0 aliphatic carbocycles. The second-order valence-corrected chi connectivity index (χ2v) is 5.12. The molecular formula is C17H16O4. The van der Waals surface area contributed by atoms with Gasteiger partial charge in [0.1, 0.15) is 5.60 Å². The van der Waals surface area contributed by atoms with Crippen molar-refractivity contribution in [1.29, 1.82) is 0 Å². The van der Waals surface area contributed by atoms with Crippen LogP contribution in [0.3, 0.4) is 0 Å². The molecule has 0 bridgehead atoms. The van der Waals surface area contributed by atoms with Crippen LogP contribution in [0.5, 0.6) is 0 Å². The van der Waals surface area contributed by atoms with Crippen LogP contribution in [0.15, 0.2) is 54.6 Å². The molecule has 0 heterocycles. The topological polar surface area (TPSA) is 63.6 Å². The van der Waals surface area contributed by atoms with Crippen LogP contribution in [0.25, 0.3) is 0 Å². The van der Waals surface area contributed by atoms with Gasteiger partial charge in [-0.15, -0.1) is 0 Å². The Balaban J connectivity index is 2.28. The zero-order valence-electron chi connectivity index (χ0n) is 11.9. The molecule has 0 aliphatic heterocycles. The fourth-order valence-electron chi connectivity index (χ4n) is 2.03. The highest BCUT2D eigenvalue weighted by Gasteiger charge is 2.27. The van der Waals surface area contributed by atoms with Gasteiger partial charge in [-0.3, -0.25) is 0 Å². The summed E-state index contributed by atoms with van der Waals surface area (Å²) in [4.78, 5) is 23.4. The van der Waals surface area contributed by atoms with Crippen molar-refractivity contribution in [1.82, 2.24) is 0 Å². The van der Waals surface area contributed by atoms with E-state index in [1.165, 1.54) is 12.1 Å². The average Bonchev–Trinajstić information content (AvgIpc) is 2.47. The molecule has 108 valence electrons. The standard InChI is InChI=1S/C17H16O4/c1-17(2,12-8-4-3-5-9-12)21-16(20)14-11-7-6-10-13(14)15(18)19/h3-11H,1-2H3,(H,18,19). The maximum absolute atomic E-state index is 12.3. The van der Waals surface area contributed by atoms with E-state index in [0.29, 0.717) is 0 Å². The molecule has 0 unspecified atom stereocenters. The van der Waals surface area contributed by atoms with Gasteiger partial charge in [0.2, 0.25) is 0 Å². The SMILES string of the molecule is CC(C)(OC(=O)c1ccccc1C(=O)O)c1ccccc1. The molecule has 2 rings (SSSR count). The summed E-state index contributed by atoms with van der Waals surface area (Å²) in [6.07, 6.45) is 0. The lowest BCUT2D eigenvalue weighted by atomic mass is 9.98. The van der Waals surface area contributed by atoms with Crippen molar-refractivity contribution < 1.29 is 19.4 Å². The Morgan fingerprint density at radius 2 is 1.43 bits per heavy atom.